The van der Waals surface area contributed by atoms with Crippen LogP contribution in [0.3, 0.4) is 0 Å². The van der Waals surface area contributed by atoms with Crippen molar-refractivity contribution in [3.8, 4) is 0 Å². The lowest BCUT2D eigenvalue weighted by Gasteiger charge is -2.40. The first-order valence-corrected chi connectivity index (χ1v) is 11.4. The minimum atomic E-state index is -4.33. The Balaban J connectivity index is 1.39. The van der Waals surface area contributed by atoms with Crippen molar-refractivity contribution in [1.29, 1.82) is 0 Å². The first kappa shape index (κ1) is 23.4. The van der Waals surface area contributed by atoms with Crippen LogP contribution in [0.15, 0.2) is 42.6 Å². The number of aromatic carboxylic acids is 1. The van der Waals surface area contributed by atoms with Crippen molar-refractivity contribution in [2.45, 2.75) is 62.8 Å². The number of nitrogens with zero attached hydrogens (tertiary/aromatic N) is 2. The molecule has 1 aliphatic carbocycles. The van der Waals surface area contributed by atoms with E-state index in [2.05, 4.69) is 20.5 Å². The molecule has 178 valence electrons. The molecule has 1 saturated carbocycles. The molecular formula is C24H29F3N4O2. The number of hydrogen-bond donors (Lipinski definition) is 3. The summed E-state index contributed by atoms with van der Waals surface area (Å²) in [4.78, 5) is 17.7. The number of benzene rings is 1. The summed E-state index contributed by atoms with van der Waals surface area (Å²) in [5.41, 5.74) is 0.379. The van der Waals surface area contributed by atoms with Gasteiger partial charge in [-0.3, -0.25) is 0 Å². The lowest BCUT2D eigenvalue weighted by atomic mass is 9.89. The highest BCUT2D eigenvalue weighted by Crippen LogP contribution is 2.31. The highest BCUT2D eigenvalue weighted by Gasteiger charge is 2.32. The van der Waals surface area contributed by atoms with Crippen molar-refractivity contribution in [2.24, 2.45) is 0 Å². The molecule has 2 fully saturated rings. The topological polar surface area (TPSA) is 77.5 Å². The molecule has 1 saturated heterocycles. The van der Waals surface area contributed by atoms with Gasteiger partial charge < -0.3 is 20.6 Å². The van der Waals surface area contributed by atoms with Crippen LogP contribution in [0.25, 0.3) is 0 Å². The summed E-state index contributed by atoms with van der Waals surface area (Å²) in [5, 5.41) is 16.4. The van der Waals surface area contributed by atoms with Crippen molar-refractivity contribution in [1.82, 2.24) is 10.3 Å². The third-order valence-electron chi connectivity index (χ3n) is 6.54. The second-order valence-corrected chi connectivity index (χ2v) is 8.87. The molecule has 0 unspecified atom stereocenters. The number of carbonyl (C=O) groups is 1. The number of carboxylic acid groups (broad SMARTS) is 1. The van der Waals surface area contributed by atoms with Crippen LogP contribution in [0.2, 0.25) is 0 Å². The maximum Gasteiger partial charge on any atom is 0.416 e. The SMILES string of the molecule is O=C(O)c1ccnc(N[C@@H]2CCCC[C@H]2N[C@H]2CCCN(c3ccc(C(F)(F)F)cc3)C2)c1. The number of rotatable bonds is 6. The highest BCUT2D eigenvalue weighted by atomic mass is 19.4. The average Bonchev–Trinajstić information content (AvgIpc) is 2.80. The van der Waals surface area contributed by atoms with Gasteiger partial charge in [-0.15, -0.1) is 0 Å². The van der Waals surface area contributed by atoms with Gasteiger partial charge >= 0.3 is 12.1 Å². The van der Waals surface area contributed by atoms with E-state index in [1.165, 1.54) is 12.3 Å². The van der Waals surface area contributed by atoms with E-state index in [1.54, 1.807) is 18.2 Å². The smallest absolute Gasteiger partial charge is 0.416 e. The fourth-order valence-electron chi connectivity index (χ4n) is 4.85. The summed E-state index contributed by atoms with van der Waals surface area (Å²) < 4.78 is 38.6. The van der Waals surface area contributed by atoms with Gasteiger partial charge in [-0.05, 0) is 62.1 Å². The molecule has 33 heavy (non-hydrogen) atoms. The van der Waals surface area contributed by atoms with Crippen LogP contribution in [0.5, 0.6) is 0 Å². The number of piperidine rings is 1. The number of alkyl halides is 3. The van der Waals surface area contributed by atoms with E-state index in [9.17, 15) is 23.1 Å². The van der Waals surface area contributed by atoms with Crippen molar-refractivity contribution in [3.63, 3.8) is 0 Å². The standard InChI is InChI=1S/C24H29F3N4O2/c25-24(26,27)17-7-9-19(10-8-17)31-13-3-4-18(15-31)29-20-5-1-2-6-21(20)30-22-14-16(23(32)33)11-12-28-22/h7-12,14,18,20-21,29H,1-6,13,15H2,(H,28,30)(H,32,33)/t18-,20+,21+/m0/s1. The minimum absolute atomic E-state index is 0.136. The second-order valence-electron chi connectivity index (χ2n) is 8.87. The molecule has 0 spiro atoms. The minimum Gasteiger partial charge on any atom is -0.478 e. The summed E-state index contributed by atoms with van der Waals surface area (Å²) in [6, 6.07) is 9.00. The van der Waals surface area contributed by atoms with Gasteiger partial charge in [-0.2, -0.15) is 13.2 Å². The molecular weight excluding hydrogens is 433 g/mol. The number of halogens is 3. The van der Waals surface area contributed by atoms with Gasteiger partial charge in [0.05, 0.1) is 11.1 Å². The zero-order valence-electron chi connectivity index (χ0n) is 18.3. The maximum atomic E-state index is 12.9. The number of hydrogen-bond acceptors (Lipinski definition) is 5. The summed E-state index contributed by atoms with van der Waals surface area (Å²) in [6.07, 6.45) is 3.33. The van der Waals surface area contributed by atoms with E-state index in [0.29, 0.717) is 5.82 Å². The molecule has 0 bridgehead atoms. The molecule has 0 radical (unpaired) electrons. The molecule has 2 aliphatic rings. The number of anilines is 2. The molecule has 4 rings (SSSR count). The number of aromatic nitrogens is 1. The molecule has 6 nitrogen and oxygen atoms in total. The van der Waals surface area contributed by atoms with Gasteiger partial charge in [0.2, 0.25) is 0 Å². The quantitative estimate of drug-likeness (QED) is 0.574. The number of carboxylic acids is 1. The average molecular weight is 463 g/mol. The van der Waals surface area contributed by atoms with Crippen LogP contribution in [0, 0.1) is 0 Å². The van der Waals surface area contributed by atoms with Crippen LogP contribution in [0.4, 0.5) is 24.7 Å². The third kappa shape index (κ3) is 5.96. The first-order valence-electron chi connectivity index (χ1n) is 11.4. The van der Waals surface area contributed by atoms with Crippen molar-refractivity contribution >= 4 is 17.5 Å². The van der Waals surface area contributed by atoms with E-state index in [0.717, 1.165) is 69.4 Å². The van der Waals surface area contributed by atoms with E-state index in [4.69, 9.17) is 0 Å². The van der Waals surface area contributed by atoms with Crippen LogP contribution in [-0.4, -0.2) is 47.3 Å². The molecule has 9 heteroatoms. The van der Waals surface area contributed by atoms with Crippen molar-refractivity contribution < 1.29 is 23.1 Å². The van der Waals surface area contributed by atoms with E-state index >= 15 is 0 Å². The van der Waals surface area contributed by atoms with Crippen LogP contribution in [0.1, 0.15) is 54.4 Å². The lowest BCUT2D eigenvalue weighted by Crippen LogP contribution is -2.55. The molecule has 1 aliphatic heterocycles. The molecule has 3 atom stereocenters. The molecule has 2 heterocycles. The van der Waals surface area contributed by atoms with Crippen LogP contribution in [-0.2, 0) is 6.18 Å². The van der Waals surface area contributed by atoms with Gasteiger partial charge in [0, 0.05) is 43.1 Å². The Morgan fingerprint density at radius 1 is 1.03 bits per heavy atom. The summed E-state index contributed by atoms with van der Waals surface area (Å²) in [5.74, 6) is -0.423. The third-order valence-corrected chi connectivity index (χ3v) is 6.54. The lowest BCUT2D eigenvalue weighted by molar-refractivity contribution is -0.137. The Labute approximate surface area is 191 Å². The molecule has 2 aromatic rings. The fraction of sp³-hybridized carbons (Fsp3) is 0.500. The normalized spacial score (nSPS) is 23.8. The van der Waals surface area contributed by atoms with E-state index in [-0.39, 0.29) is 23.7 Å². The Bertz CT molecular complexity index is 951. The maximum absolute atomic E-state index is 12.9. The van der Waals surface area contributed by atoms with Gasteiger partial charge in [-0.25, -0.2) is 9.78 Å². The fourth-order valence-corrected chi connectivity index (χ4v) is 4.85. The Hall–Kier alpha value is -2.81. The van der Waals surface area contributed by atoms with Gasteiger partial charge in [0.25, 0.3) is 0 Å². The zero-order chi connectivity index (χ0) is 23.4. The largest absolute Gasteiger partial charge is 0.478 e. The van der Waals surface area contributed by atoms with Crippen LogP contribution < -0.4 is 15.5 Å². The molecule has 1 aromatic carbocycles. The van der Waals surface area contributed by atoms with E-state index in [1.807, 2.05) is 0 Å². The summed E-state index contributed by atoms with van der Waals surface area (Å²) >= 11 is 0. The predicted octanol–water partition coefficient (Wildman–Crippen LogP) is 4.78. The first-order chi connectivity index (χ1) is 15.8. The Morgan fingerprint density at radius 3 is 2.45 bits per heavy atom. The van der Waals surface area contributed by atoms with Crippen molar-refractivity contribution in [3.05, 3.63) is 53.7 Å². The monoisotopic (exact) mass is 462 g/mol. The molecule has 3 N–H and O–H groups in total. The van der Waals surface area contributed by atoms with Crippen molar-refractivity contribution in [2.75, 3.05) is 23.3 Å². The zero-order valence-corrected chi connectivity index (χ0v) is 18.3. The van der Waals surface area contributed by atoms with Gasteiger partial charge in [0.1, 0.15) is 5.82 Å². The molecule has 1 aromatic heterocycles. The summed E-state index contributed by atoms with van der Waals surface area (Å²) in [7, 11) is 0. The van der Waals surface area contributed by atoms with Gasteiger partial charge in [-0.1, -0.05) is 12.8 Å². The summed E-state index contributed by atoms with van der Waals surface area (Å²) in [6.45, 7) is 1.56. The Morgan fingerprint density at radius 2 is 1.76 bits per heavy atom. The highest BCUT2D eigenvalue weighted by molar-refractivity contribution is 5.88. The molecule has 0 amide bonds. The second kappa shape index (κ2) is 9.99. The Kier molecular flexibility index (Phi) is 7.07. The van der Waals surface area contributed by atoms with Crippen LogP contribution >= 0.6 is 0 Å². The van der Waals surface area contributed by atoms with Gasteiger partial charge in [0.15, 0.2) is 0 Å². The predicted molar refractivity (Wildman–Crippen MR) is 121 cm³/mol. The number of pyridine rings is 1. The van der Waals surface area contributed by atoms with E-state index < -0.39 is 17.7 Å². The number of nitrogens with one attached hydrogen (secondary N) is 2.